The van der Waals surface area contributed by atoms with E-state index in [1.165, 1.54) is 18.9 Å². The lowest BCUT2D eigenvalue weighted by molar-refractivity contribution is -0.126. The van der Waals surface area contributed by atoms with Gasteiger partial charge in [0, 0.05) is 19.0 Å². The maximum Gasteiger partial charge on any atom is 0.237 e. The Morgan fingerprint density at radius 1 is 1.07 bits per heavy atom. The van der Waals surface area contributed by atoms with Crippen LogP contribution in [0.3, 0.4) is 0 Å². The van der Waals surface area contributed by atoms with Crippen LogP contribution in [0.15, 0.2) is 18.2 Å². The maximum atomic E-state index is 14.0. The number of nitrogens with one attached hydrogen (secondary N) is 1. The lowest BCUT2D eigenvalue weighted by Crippen LogP contribution is -2.50. The first-order valence-corrected chi connectivity index (χ1v) is 9.85. The van der Waals surface area contributed by atoms with Gasteiger partial charge in [-0.3, -0.25) is 14.5 Å². The van der Waals surface area contributed by atoms with Gasteiger partial charge in [-0.25, -0.2) is 8.78 Å². The van der Waals surface area contributed by atoms with Crippen molar-refractivity contribution in [1.82, 2.24) is 10.2 Å². The zero-order valence-corrected chi connectivity index (χ0v) is 15.3. The van der Waals surface area contributed by atoms with E-state index in [2.05, 4.69) is 10.2 Å². The molecule has 2 saturated heterocycles. The second-order valence-corrected chi connectivity index (χ2v) is 7.82. The highest BCUT2D eigenvalue weighted by molar-refractivity contribution is 5.97. The SMILES string of the molecule is O=C(NC1CC(=O)N(c2c(F)cccc2F)C1)C1CCCN1C1CCCC1. The highest BCUT2D eigenvalue weighted by Crippen LogP contribution is 2.31. The van der Waals surface area contributed by atoms with Crippen molar-refractivity contribution in [2.75, 3.05) is 18.0 Å². The predicted octanol–water partition coefficient (Wildman–Crippen LogP) is 2.59. The Hall–Kier alpha value is -2.02. The molecule has 1 saturated carbocycles. The van der Waals surface area contributed by atoms with Crippen molar-refractivity contribution in [3.63, 3.8) is 0 Å². The van der Waals surface area contributed by atoms with Gasteiger partial charge in [0.2, 0.25) is 11.8 Å². The summed E-state index contributed by atoms with van der Waals surface area (Å²) in [4.78, 5) is 28.5. The zero-order valence-electron chi connectivity index (χ0n) is 15.3. The Kier molecular flexibility index (Phi) is 5.12. The monoisotopic (exact) mass is 377 g/mol. The largest absolute Gasteiger partial charge is 0.350 e. The lowest BCUT2D eigenvalue weighted by Gasteiger charge is -2.30. The Morgan fingerprint density at radius 3 is 2.48 bits per heavy atom. The molecule has 0 aromatic heterocycles. The number of carbonyl (C=O) groups excluding carboxylic acids is 2. The van der Waals surface area contributed by atoms with Crippen molar-refractivity contribution in [2.45, 2.75) is 63.1 Å². The summed E-state index contributed by atoms with van der Waals surface area (Å²) in [6.45, 7) is 1.04. The van der Waals surface area contributed by atoms with Crippen molar-refractivity contribution in [2.24, 2.45) is 0 Å². The van der Waals surface area contributed by atoms with Crippen LogP contribution in [0, 0.1) is 11.6 Å². The van der Waals surface area contributed by atoms with E-state index in [4.69, 9.17) is 0 Å². The first-order chi connectivity index (χ1) is 13.0. The normalized spacial score (nSPS) is 26.9. The molecule has 3 fully saturated rings. The van der Waals surface area contributed by atoms with Crippen molar-refractivity contribution >= 4 is 17.5 Å². The van der Waals surface area contributed by atoms with E-state index in [0.29, 0.717) is 6.04 Å². The van der Waals surface area contributed by atoms with E-state index in [-0.39, 0.29) is 36.5 Å². The van der Waals surface area contributed by atoms with Gasteiger partial charge in [0.1, 0.15) is 17.3 Å². The molecule has 1 N–H and O–H groups in total. The summed E-state index contributed by atoms with van der Waals surface area (Å²) in [5.74, 6) is -1.96. The van der Waals surface area contributed by atoms with Gasteiger partial charge in [0.25, 0.3) is 0 Å². The number of rotatable bonds is 4. The van der Waals surface area contributed by atoms with Crippen LogP contribution >= 0.6 is 0 Å². The Balaban J connectivity index is 1.41. The summed E-state index contributed by atoms with van der Waals surface area (Å²) < 4.78 is 28.0. The van der Waals surface area contributed by atoms with Crippen LogP contribution in [0.5, 0.6) is 0 Å². The number of anilines is 1. The first kappa shape index (κ1) is 18.3. The lowest BCUT2D eigenvalue weighted by atomic mass is 10.1. The van der Waals surface area contributed by atoms with E-state index < -0.39 is 17.7 Å². The molecule has 1 aromatic carbocycles. The van der Waals surface area contributed by atoms with Crippen LogP contribution in [-0.2, 0) is 9.59 Å². The van der Waals surface area contributed by atoms with Gasteiger partial charge < -0.3 is 10.2 Å². The van der Waals surface area contributed by atoms with E-state index in [1.807, 2.05) is 0 Å². The number of amides is 2. The van der Waals surface area contributed by atoms with Gasteiger partial charge in [0.15, 0.2) is 0 Å². The van der Waals surface area contributed by atoms with Crippen LogP contribution in [-0.4, -0.2) is 47.9 Å². The van der Waals surface area contributed by atoms with Crippen molar-refractivity contribution in [3.8, 4) is 0 Å². The average molecular weight is 377 g/mol. The highest BCUT2D eigenvalue weighted by atomic mass is 19.1. The molecule has 7 heteroatoms. The number of para-hydroxylation sites is 1. The number of hydrogen-bond donors (Lipinski definition) is 1. The van der Waals surface area contributed by atoms with Gasteiger partial charge >= 0.3 is 0 Å². The van der Waals surface area contributed by atoms with E-state index in [0.717, 1.165) is 49.3 Å². The minimum Gasteiger partial charge on any atom is -0.350 e. The van der Waals surface area contributed by atoms with Crippen LogP contribution < -0.4 is 10.2 Å². The third-order valence-corrected chi connectivity index (χ3v) is 6.07. The van der Waals surface area contributed by atoms with E-state index >= 15 is 0 Å². The second kappa shape index (κ2) is 7.54. The Morgan fingerprint density at radius 2 is 1.78 bits per heavy atom. The number of hydrogen-bond acceptors (Lipinski definition) is 3. The van der Waals surface area contributed by atoms with Crippen molar-refractivity contribution < 1.29 is 18.4 Å². The summed E-state index contributed by atoms with van der Waals surface area (Å²) >= 11 is 0. The fraction of sp³-hybridized carbons (Fsp3) is 0.600. The number of likely N-dealkylation sites (tertiary alicyclic amines) is 1. The van der Waals surface area contributed by atoms with Crippen LogP contribution in [0.25, 0.3) is 0 Å². The minimum absolute atomic E-state index is 0.0620. The Labute approximate surface area is 157 Å². The van der Waals surface area contributed by atoms with E-state index in [9.17, 15) is 18.4 Å². The van der Waals surface area contributed by atoms with Crippen molar-refractivity contribution in [3.05, 3.63) is 29.8 Å². The Bertz CT molecular complexity index is 716. The molecule has 0 radical (unpaired) electrons. The number of carbonyl (C=O) groups is 2. The van der Waals surface area contributed by atoms with Gasteiger partial charge in [-0.05, 0) is 44.4 Å². The maximum absolute atomic E-state index is 14.0. The fourth-order valence-corrected chi connectivity index (χ4v) is 4.81. The molecule has 0 bridgehead atoms. The highest BCUT2D eigenvalue weighted by Gasteiger charge is 2.39. The van der Waals surface area contributed by atoms with Crippen LogP contribution in [0.1, 0.15) is 44.9 Å². The number of benzene rings is 1. The topological polar surface area (TPSA) is 52.7 Å². The molecule has 146 valence electrons. The molecular weight excluding hydrogens is 352 g/mol. The molecule has 4 rings (SSSR count). The third-order valence-electron chi connectivity index (χ3n) is 6.07. The molecule has 2 atom stereocenters. The average Bonchev–Trinajstić information content (AvgIpc) is 3.35. The molecule has 27 heavy (non-hydrogen) atoms. The smallest absolute Gasteiger partial charge is 0.237 e. The fourth-order valence-electron chi connectivity index (χ4n) is 4.81. The molecule has 0 spiro atoms. The predicted molar refractivity (Wildman–Crippen MR) is 97.2 cm³/mol. The van der Waals surface area contributed by atoms with Gasteiger partial charge in [-0.2, -0.15) is 0 Å². The zero-order chi connectivity index (χ0) is 19.0. The molecule has 5 nitrogen and oxygen atoms in total. The molecule has 2 heterocycles. The van der Waals surface area contributed by atoms with Gasteiger partial charge in [0.05, 0.1) is 12.1 Å². The molecule has 3 aliphatic rings. The standard InChI is InChI=1S/C20H25F2N3O2/c21-15-7-3-8-16(22)19(15)25-12-13(11-18(25)26)23-20(27)17-9-4-10-24(17)14-5-1-2-6-14/h3,7-8,13-14,17H,1-2,4-6,9-12H2,(H,23,27). The third kappa shape index (κ3) is 3.57. The van der Waals surface area contributed by atoms with Gasteiger partial charge in [-0.15, -0.1) is 0 Å². The minimum atomic E-state index is -0.765. The van der Waals surface area contributed by atoms with Crippen LogP contribution in [0.4, 0.5) is 14.5 Å². The first-order valence-electron chi connectivity index (χ1n) is 9.85. The van der Waals surface area contributed by atoms with Gasteiger partial charge in [-0.1, -0.05) is 18.9 Å². The summed E-state index contributed by atoms with van der Waals surface area (Å²) in [6.07, 6.45) is 6.62. The molecule has 2 unspecified atom stereocenters. The molecular formula is C20H25F2N3O2. The molecule has 1 aliphatic carbocycles. The number of nitrogens with zero attached hydrogens (tertiary/aromatic N) is 2. The quantitative estimate of drug-likeness (QED) is 0.878. The molecule has 1 aromatic rings. The summed E-state index contributed by atoms with van der Waals surface area (Å²) in [6, 6.07) is 3.45. The summed E-state index contributed by atoms with van der Waals surface area (Å²) in [5.41, 5.74) is -0.326. The van der Waals surface area contributed by atoms with Crippen molar-refractivity contribution in [1.29, 1.82) is 0 Å². The van der Waals surface area contributed by atoms with Crippen LogP contribution in [0.2, 0.25) is 0 Å². The number of halogens is 2. The summed E-state index contributed by atoms with van der Waals surface area (Å²) in [7, 11) is 0. The second-order valence-electron chi connectivity index (χ2n) is 7.82. The van der Waals surface area contributed by atoms with E-state index in [1.54, 1.807) is 0 Å². The molecule has 2 amide bonds. The summed E-state index contributed by atoms with van der Waals surface area (Å²) in [5, 5.41) is 2.96. The molecule has 2 aliphatic heterocycles.